The molecular formula is C19H18ClN5O2. The van der Waals surface area contributed by atoms with Gasteiger partial charge in [-0.3, -0.25) is 9.59 Å². The number of nitrogens with one attached hydrogen (secondary N) is 2. The Balaban J connectivity index is 1.72. The maximum Gasteiger partial charge on any atom is 0.295 e. The number of amides is 2. The van der Waals surface area contributed by atoms with E-state index < -0.39 is 5.91 Å². The second-order valence-corrected chi connectivity index (χ2v) is 6.24. The second kappa shape index (κ2) is 8.01. The molecular weight excluding hydrogens is 366 g/mol. The van der Waals surface area contributed by atoms with Crippen molar-refractivity contribution in [3.63, 3.8) is 0 Å². The van der Waals surface area contributed by atoms with Crippen LogP contribution in [0.2, 0.25) is 5.02 Å². The molecule has 1 heterocycles. The summed E-state index contributed by atoms with van der Waals surface area (Å²) in [5.74, 6) is 0.154. The first-order valence-electron chi connectivity index (χ1n) is 8.37. The molecule has 0 fully saturated rings. The Kier molecular flexibility index (Phi) is 5.52. The SMILES string of the molecule is CCC(=O)Nc1ccc(NC(=O)c2nc(C)n(-c3ccc(Cl)cc3)n2)cc1. The van der Waals surface area contributed by atoms with Gasteiger partial charge in [-0.2, -0.15) is 0 Å². The summed E-state index contributed by atoms with van der Waals surface area (Å²) in [7, 11) is 0. The number of halogens is 1. The average Bonchev–Trinajstić information content (AvgIpc) is 3.06. The Hall–Kier alpha value is -3.19. The minimum Gasteiger partial charge on any atom is -0.326 e. The number of aryl methyl sites for hydroxylation is 1. The Bertz CT molecular complexity index is 965. The van der Waals surface area contributed by atoms with Crippen molar-refractivity contribution in [2.45, 2.75) is 20.3 Å². The van der Waals surface area contributed by atoms with Gasteiger partial charge in [0.1, 0.15) is 5.82 Å². The average molecular weight is 384 g/mol. The zero-order chi connectivity index (χ0) is 19.4. The van der Waals surface area contributed by atoms with Crippen molar-refractivity contribution in [2.75, 3.05) is 10.6 Å². The first kappa shape index (κ1) is 18.6. The van der Waals surface area contributed by atoms with Crippen molar-refractivity contribution in [3.05, 3.63) is 65.2 Å². The lowest BCUT2D eigenvalue weighted by atomic mass is 10.2. The van der Waals surface area contributed by atoms with Crippen molar-refractivity contribution in [1.82, 2.24) is 14.8 Å². The molecule has 0 radical (unpaired) electrons. The van der Waals surface area contributed by atoms with Crippen LogP contribution >= 0.6 is 11.6 Å². The molecule has 0 aliphatic heterocycles. The topological polar surface area (TPSA) is 88.9 Å². The summed E-state index contributed by atoms with van der Waals surface area (Å²) >= 11 is 5.90. The lowest BCUT2D eigenvalue weighted by molar-refractivity contribution is -0.115. The fraction of sp³-hybridized carbons (Fsp3) is 0.158. The normalized spacial score (nSPS) is 10.5. The van der Waals surface area contributed by atoms with Crippen molar-refractivity contribution in [1.29, 1.82) is 0 Å². The summed E-state index contributed by atoms with van der Waals surface area (Å²) in [5, 5.41) is 10.4. The number of aromatic nitrogens is 3. The molecule has 2 N–H and O–H groups in total. The van der Waals surface area contributed by atoms with E-state index in [1.807, 2.05) is 0 Å². The van der Waals surface area contributed by atoms with E-state index >= 15 is 0 Å². The molecule has 7 nitrogen and oxygen atoms in total. The monoisotopic (exact) mass is 383 g/mol. The largest absolute Gasteiger partial charge is 0.326 e. The molecule has 0 unspecified atom stereocenters. The molecule has 1 aromatic heterocycles. The van der Waals surface area contributed by atoms with Gasteiger partial charge in [-0.05, 0) is 55.5 Å². The molecule has 0 saturated carbocycles. The van der Waals surface area contributed by atoms with Gasteiger partial charge in [0.2, 0.25) is 11.7 Å². The number of hydrogen-bond donors (Lipinski definition) is 2. The molecule has 0 saturated heterocycles. The molecule has 138 valence electrons. The Morgan fingerprint density at radius 3 is 2.19 bits per heavy atom. The molecule has 8 heteroatoms. The van der Waals surface area contributed by atoms with Crippen LogP contribution < -0.4 is 10.6 Å². The zero-order valence-corrected chi connectivity index (χ0v) is 15.6. The van der Waals surface area contributed by atoms with Gasteiger partial charge in [-0.15, -0.1) is 5.10 Å². The predicted molar refractivity (Wildman–Crippen MR) is 104 cm³/mol. The third-order valence-corrected chi connectivity index (χ3v) is 4.04. The molecule has 0 atom stereocenters. The summed E-state index contributed by atoms with van der Waals surface area (Å²) in [6.45, 7) is 3.55. The van der Waals surface area contributed by atoms with Crippen molar-refractivity contribution < 1.29 is 9.59 Å². The predicted octanol–water partition coefficient (Wildman–Crippen LogP) is 3.83. The van der Waals surface area contributed by atoms with Gasteiger partial charge < -0.3 is 10.6 Å². The van der Waals surface area contributed by atoms with Gasteiger partial charge in [0.05, 0.1) is 5.69 Å². The number of benzene rings is 2. The van der Waals surface area contributed by atoms with Crippen LogP contribution in [0.25, 0.3) is 5.69 Å². The van der Waals surface area contributed by atoms with Crippen LogP contribution in [0.1, 0.15) is 29.8 Å². The molecule has 2 amide bonds. The molecule has 2 aromatic carbocycles. The second-order valence-electron chi connectivity index (χ2n) is 5.80. The van der Waals surface area contributed by atoms with E-state index in [2.05, 4.69) is 20.7 Å². The minimum atomic E-state index is -0.420. The highest BCUT2D eigenvalue weighted by molar-refractivity contribution is 6.30. The lowest BCUT2D eigenvalue weighted by Crippen LogP contribution is -2.14. The Labute approximate surface area is 161 Å². The number of rotatable bonds is 5. The van der Waals surface area contributed by atoms with Crippen molar-refractivity contribution in [3.8, 4) is 5.69 Å². The maximum absolute atomic E-state index is 12.4. The zero-order valence-electron chi connectivity index (χ0n) is 14.9. The van der Waals surface area contributed by atoms with Crippen molar-refractivity contribution >= 4 is 34.8 Å². The van der Waals surface area contributed by atoms with Crippen molar-refractivity contribution in [2.24, 2.45) is 0 Å². The molecule has 3 rings (SSSR count). The van der Waals surface area contributed by atoms with Gasteiger partial charge in [0.25, 0.3) is 5.91 Å². The highest BCUT2D eigenvalue weighted by atomic mass is 35.5. The Morgan fingerprint density at radius 1 is 1.00 bits per heavy atom. The molecule has 0 bridgehead atoms. The summed E-state index contributed by atoms with van der Waals surface area (Å²) in [6.07, 6.45) is 0.403. The number of carbonyl (C=O) groups is 2. The first-order valence-corrected chi connectivity index (χ1v) is 8.75. The van der Waals surface area contributed by atoms with Crippen LogP contribution in [0, 0.1) is 6.92 Å². The maximum atomic E-state index is 12.4. The summed E-state index contributed by atoms with van der Waals surface area (Å²) in [4.78, 5) is 28.0. The fourth-order valence-electron chi connectivity index (χ4n) is 2.39. The van der Waals surface area contributed by atoms with E-state index in [1.165, 1.54) is 0 Å². The minimum absolute atomic E-state index is 0.0609. The van der Waals surface area contributed by atoms with Gasteiger partial charge in [-0.25, -0.2) is 9.67 Å². The van der Waals surface area contributed by atoms with Crippen LogP contribution in [0.15, 0.2) is 48.5 Å². The van der Waals surface area contributed by atoms with Crippen LogP contribution in [0.3, 0.4) is 0 Å². The number of hydrogen-bond acceptors (Lipinski definition) is 4. The van der Waals surface area contributed by atoms with E-state index in [9.17, 15) is 9.59 Å². The van der Waals surface area contributed by atoms with Crippen LogP contribution in [-0.2, 0) is 4.79 Å². The smallest absolute Gasteiger partial charge is 0.295 e. The number of anilines is 2. The first-order chi connectivity index (χ1) is 13.0. The third kappa shape index (κ3) is 4.51. The third-order valence-electron chi connectivity index (χ3n) is 3.79. The highest BCUT2D eigenvalue weighted by Gasteiger charge is 2.15. The van der Waals surface area contributed by atoms with Gasteiger partial charge in [0.15, 0.2) is 0 Å². The Morgan fingerprint density at radius 2 is 1.59 bits per heavy atom. The number of carbonyl (C=O) groups excluding carboxylic acids is 2. The van der Waals surface area contributed by atoms with Crippen LogP contribution in [0.5, 0.6) is 0 Å². The van der Waals surface area contributed by atoms with Gasteiger partial charge >= 0.3 is 0 Å². The standard InChI is InChI=1S/C19H18ClN5O2/c1-3-17(26)22-14-6-8-15(9-7-14)23-19(27)18-21-12(2)25(24-18)16-10-4-13(20)5-11-16/h4-11H,3H2,1-2H3,(H,22,26)(H,23,27). The lowest BCUT2D eigenvalue weighted by Gasteiger charge is -2.06. The van der Waals surface area contributed by atoms with Gasteiger partial charge in [0, 0.05) is 22.8 Å². The fourth-order valence-corrected chi connectivity index (χ4v) is 2.51. The van der Waals surface area contributed by atoms with Crippen LogP contribution in [0.4, 0.5) is 11.4 Å². The van der Waals surface area contributed by atoms with E-state index in [1.54, 1.807) is 67.1 Å². The molecule has 0 aliphatic carbocycles. The van der Waals surface area contributed by atoms with Gasteiger partial charge in [-0.1, -0.05) is 18.5 Å². The van der Waals surface area contributed by atoms with Crippen LogP contribution in [-0.4, -0.2) is 26.6 Å². The summed E-state index contributed by atoms with van der Waals surface area (Å²) < 4.78 is 1.58. The summed E-state index contributed by atoms with van der Waals surface area (Å²) in [6, 6.07) is 13.9. The van der Waals surface area contributed by atoms with E-state index in [0.29, 0.717) is 28.6 Å². The molecule has 3 aromatic rings. The van der Waals surface area contributed by atoms with E-state index in [-0.39, 0.29) is 11.7 Å². The molecule has 27 heavy (non-hydrogen) atoms. The quantitative estimate of drug-likeness (QED) is 0.700. The van der Waals surface area contributed by atoms with E-state index in [0.717, 1.165) is 5.69 Å². The molecule has 0 spiro atoms. The summed E-state index contributed by atoms with van der Waals surface area (Å²) in [5.41, 5.74) is 2.01. The van der Waals surface area contributed by atoms with E-state index in [4.69, 9.17) is 11.6 Å². The molecule has 0 aliphatic rings. The number of nitrogens with zero attached hydrogens (tertiary/aromatic N) is 3. The highest BCUT2D eigenvalue weighted by Crippen LogP contribution is 2.16.